The van der Waals surface area contributed by atoms with Gasteiger partial charge in [0.1, 0.15) is 5.82 Å². The van der Waals surface area contributed by atoms with E-state index in [1.54, 1.807) is 30.1 Å². The number of hydrogen-bond acceptors (Lipinski definition) is 2. The summed E-state index contributed by atoms with van der Waals surface area (Å²) in [6.07, 6.45) is 3.63. The minimum atomic E-state index is -0.264. The monoisotopic (exact) mass is 314 g/mol. The van der Waals surface area contributed by atoms with E-state index < -0.39 is 0 Å². The molecule has 2 rings (SSSR count). The normalized spacial score (nSPS) is 23.0. The molecule has 1 amide bonds. The van der Waals surface area contributed by atoms with E-state index in [4.69, 9.17) is 5.73 Å². The predicted octanol–water partition coefficient (Wildman–Crippen LogP) is 3.28. The van der Waals surface area contributed by atoms with Crippen LogP contribution in [0, 0.1) is 11.7 Å². The van der Waals surface area contributed by atoms with Crippen LogP contribution in [-0.2, 0) is 4.79 Å². The fourth-order valence-corrected chi connectivity index (χ4v) is 2.95. The molecule has 3 unspecified atom stereocenters. The molecule has 1 saturated carbocycles. The van der Waals surface area contributed by atoms with E-state index >= 15 is 0 Å². The van der Waals surface area contributed by atoms with Crippen molar-refractivity contribution in [3.05, 3.63) is 35.6 Å². The van der Waals surface area contributed by atoms with Crippen molar-refractivity contribution in [2.45, 2.75) is 44.7 Å². The Morgan fingerprint density at radius 2 is 2.05 bits per heavy atom. The van der Waals surface area contributed by atoms with Gasteiger partial charge in [0.05, 0.1) is 6.04 Å². The maximum atomic E-state index is 13.8. The SMILES string of the molecule is CC(c1ccccc1F)N(C)C(=O)C1CCCC(N)C1.Cl. The van der Waals surface area contributed by atoms with Gasteiger partial charge >= 0.3 is 0 Å². The number of benzene rings is 1. The van der Waals surface area contributed by atoms with Crippen LogP contribution >= 0.6 is 12.4 Å². The molecule has 0 spiro atoms. The van der Waals surface area contributed by atoms with E-state index in [2.05, 4.69) is 0 Å². The van der Waals surface area contributed by atoms with Gasteiger partial charge in [-0.2, -0.15) is 0 Å². The van der Waals surface area contributed by atoms with Crippen molar-refractivity contribution in [1.82, 2.24) is 4.90 Å². The molecule has 0 heterocycles. The minimum absolute atomic E-state index is 0. The van der Waals surface area contributed by atoms with Crippen LogP contribution in [0.25, 0.3) is 0 Å². The van der Waals surface area contributed by atoms with E-state index in [1.165, 1.54) is 6.07 Å². The number of nitrogens with two attached hydrogens (primary N) is 1. The van der Waals surface area contributed by atoms with Gasteiger partial charge < -0.3 is 10.6 Å². The van der Waals surface area contributed by atoms with Crippen LogP contribution in [0.2, 0.25) is 0 Å². The van der Waals surface area contributed by atoms with E-state index in [-0.39, 0.29) is 42.1 Å². The highest BCUT2D eigenvalue weighted by Crippen LogP contribution is 2.28. The van der Waals surface area contributed by atoms with Gasteiger partial charge in [0, 0.05) is 24.6 Å². The van der Waals surface area contributed by atoms with Crippen molar-refractivity contribution in [2.75, 3.05) is 7.05 Å². The molecule has 1 aromatic carbocycles. The molecule has 21 heavy (non-hydrogen) atoms. The van der Waals surface area contributed by atoms with Gasteiger partial charge in [-0.15, -0.1) is 12.4 Å². The Kier molecular flexibility index (Phi) is 6.62. The molecule has 0 saturated heterocycles. The van der Waals surface area contributed by atoms with Gasteiger partial charge in [-0.05, 0) is 32.3 Å². The Bertz CT molecular complexity index is 483. The second-order valence-electron chi connectivity index (χ2n) is 5.77. The van der Waals surface area contributed by atoms with Crippen molar-refractivity contribution in [3.8, 4) is 0 Å². The molecular formula is C16H24ClFN2O. The number of carbonyl (C=O) groups is 1. The fourth-order valence-electron chi connectivity index (χ4n) is 2.95. The van der Waals surface area contributed by atoms with Gasteiger partial charge in [0.25, 0.3) is 0 Å². The largest absolute Gasteiger partial charge is 0.339 e. The number of amides is 1. The lowest BCUT2D eigenvalue weighted by molar-refractivity contribution is -0.137. The first-order valence-corrected chi connectivity index (χ1v) is 7.27. The summed E-state index contributed by atoms with van der Waals surface area (Å²) in [6, 6.07) is 6.48. The summed E-state index contributed by atoms with van der Waals surface area (Å²) in [6.45, 7) is 1.86. The van der Waals surface area contributed by atoms with Crippen LogP contribution in [-0.4, -0.2) is 23.9 Å². The van der Waals surface area contributed by atoms with Crippen LogP contribution in [0.3, 0.4) is 0 Å². The molecule has 1 aromatic rings. The lowest BCUT2D eigenvalue weighted by atomic mass is 9.85. The second-order valence-corrected chi connectivity index (χ2v) is 5.77. The molecule has 1 aliphatic rings. The quantitative estimate of drug-likeness (QED) is 0.930. The standard InChI is InChI=1S/C16H23FN2O.ClH/c1-11(14-8-3-4-9-15(14)17)19(2)16(20)12-6-5-7-13(18)10-12;/h3-4,8-9,11-13H,5-7,10,18H2,1-2H3;1H. The van der Waals surface area contributed by atoms with E-state index in [9.17, 15) is 9.18 Å². The highest BCUT2D eigenvalue weighted by atomic mass is 35.5. The number of hydrogen-bond donors (Lipinski definition) is 1. The first-order chi connectivity index (χ1) is 9.50. The molecule has 0 radical (unpaired) electrons. The van der Waals surface area contributed by atoms with E-state index in [0.717, 1.165) is 25.7 Å². The third-order valence-electron chi connectivity index (χ3n) is 4.35. The van der Waals surface area contributed by atoms with Gasteiger partial charge in [-0.25, -0.2) is 4.39 Å². The van der Waals surface area contributed by atoms with Gasteiger partial charge in [-0.3, -0.25) is 4.79 Å². The molecular weight excluding hydrogens is 291 g/mol. The van der Waals surface area contributed by atoms with Crippen molar-refractivity contribution in [3.63, 3.8) is 0 Å². The van der Waals surface area contributed by atoms with E-state index in [1.807, 2.05) is 6.92 Å². The van der Waals surface area contributed by atoms with Crippen LogP contribution in [0.4, 0.5) is 4.39 Å². The number of carbonyl (C=O) groups excluding carboxylic acids is 1. The smallest absolute Gasteiger partial charge is 0.225 e. The molecule has 2 N–H and O–H groups in total. The number of halogens is 2. The summed E-state index contributed by atoms with van der Waals surface area (Å²) in [7, 11) is 1.75. The summed E-state index contributed by atoms with van der Waals surface area (Å²) in [4.78, 5) is 14.2. The van der Waals surface area contributed by atoms with Gasteiger partial charge in [-0.1, -0.05) is 24.6 Å². The Labute approximate surface area is 132 Å². The van der Waals surface area contributed by atoms with E-state index in [0.29, 0.717) is 5.56 Å². The predicted molar refractivity (Wildman–Crippen MR) is 84.8 cm³/mol. The fraction of sp³-hybridized carbons (Fsp3) is 0.562. The summed E-state index contributed by atoms with van der Waals surface area (Å²) >= 11 is 0. The highest BCUT2D eigenvalue weighted by Gasteiger charge is 2.30. The summed E-state index contributed by atoms with van der Waals surface area (Å²) < 4.78 is 13.8. The average Bonchev–Trinajstić information content (AvgIpc) is 2.45. The molecule has 0 bridgehead atoms. The van der Waals surface area contributed by atoms with Crippen LogP contribution < -0.4 is 5.73 Å². The number of nitrogens with zero attached hydrogens (tertiary/aromatic N) is 1. The zero-order chi connectivity index (χ0) is 14.7. The van der Waals surface area contributed by atoms with Crippen LogP contribution in [0.15, 0.2) is 24.3 Å². The molecule has 118 valence electrons. The molecule has 1 fully saturated rings. The van der Waals surface area contributed by atoms with Crippen molar-refractivity contribution in [1.29, 1.82) is 0 Å². The molecule has 1 aliphatic carbocycles. The molecule has 3 nitrogen and oxygen atoms in total. The lowest BCUT2D eigenvalue weighted by Gasteiger charge is -2.32. The third kappa shape index (κ3) is 4.17. The third-order valence-corrected chi connectivity index (χ3v) is 4.35. The zero-order valence-corrected chi connectivity index (χ0v) is 13.4. The number of rotatable bonds is 3. The highest BCUT2D eigenvalue weighted by molar-refractivity contribution is 5.85. The van der Waals surface area contributed by atoms with Crippen LogP contribution in [0.1, 0.15) is 44.2 Å². The van der Waals surface area contributed by atoms with Gasteiger partial charge in [0.15, 0.2) is 0 Å². The minimum Gasteiger partial charge on any atom is -0.339 e. The molecule has 3 atom stereocenters. The zero-order valence-electron chi connectivity index (χ0n) is 12.6. The maximum absolute atomic E-state index is 13.8. The maximum Gasteiger partial charge on any atom is 0.225 e. The first kappa shape index (κ1) is 17.9. The second kappa shape index (κ2) is 7.76. The summed E-state index contributed by atoms with van der Waals surface area (Å²) in [5, 5.41) is 0. The topological polar surface area (TPSA) is 46.3 Å². The molecule has 0 aromatic heterocycles. The van der Waals surface area contributed by atoms with Gasteiger partial charge in [0.2, 0.25) is 5.91 Å². The van der Waals surface area contributed by atoms with Crippen molar-refractivity contribution < 1.29 is 9.18 Å². The molecule has 5 heteroatoms. The Balaban J connectivity index is 0.00000220. The molecule has 0 aliphatic heterocycles. The average molecular weight is 315 g/mol. The lowest BCUT2D eigenvalue weighted by Crippen LogP contribution is -2.40. The summed E-state index contributed by atoms with van der Waals surface area (Å²) in [5.74, 6) is -0.200. The van der Waals surface area contributed by atoms with Crippen LogP contribution in [0.5, 0.6) is 0 Å². The first-order valence-electron chi connectivity index (χ1n) is 7.27. The Hall–Kier alpha value is -1.13. The Morgan fingerprint density at radius 3 is 2.67 bits per heavy atom. The van der Waals surface area contributed by atoms with Crippen molar-refractivity contribution >= 4 is 18.3 Å². The van der Waals surface area contributed by atoms with Crippen molar-refractivity contribution in [2.24, 2.45) is 11.7 Å². The Morgan fingerprint density at radius 1 is 1.38 bits per heavy atom. The summed E-state index contributed by atoms with van der Waals surface area (Å²) in [5.41, 5.74) is 6.50.